The number of aromatic amines is 1. The summed E-state index contributed by atoms with van der Waals surface area (Å²) >= 11 is 0. The average molecular weight is 544 g/mol. The van der Waals surface area contributed by atoms with Crippen LogP contribution < -0.4 is 5.32 Å². The van der Waals surface area contributed by atoms with Crippen molar-refractivity contribution in [1.29, 1.82) is 0 Å². The molecule has 2 aromatic rings. The van der Waals surface area contributed by atoms with Crippen LogP contribution >= 0.6 is 0 Å². The Labute approximate surface area is 231 Å². The molecular formula is C30H45N3O6. The minimum atomic E-state index is -1.10. The topological polar surface area (TPSA) is 121 Å². The van der Waals surface area contributed by atoms with Gasteiger partial charge in [0.1, 0.15) is 6.04 Å². The van der Waals surface area contributed by atoms with Gasteiger partial charge in [0.25, 0.3) is 0 Å². The second-order valence-corrected chi connectivity index (χ2v) is 11.0. The third kappa shape index (κ3) is 7.19. The number of carbonyl (C=O) groups is 3. The summed E-state index contributed by atoms with van der Waals surface area (Å²) in [4.78, 5) is 43.8. The zero-order valence-corrected chi connectivity index (χ0v) is 24.1. The van der Waals surface area contributed by atoms with E-state index in [4.69, 9.17) is 9.47 Å². The van der Waals surface area contributed by atoms with E-state index >= 15 is 0 Å². The number of methoxy groups -OCH3 is 2. The summed E-state index contributed by atoms with van der Waals surface area (Å²) in [6, 6.07) is 6.29. The molecule has 5 unspecified atom stereocenters. The van der Waals surface area contributed by atoms with Crippen molar-refractivity contribution in [3.8, 4) is 0 Å². The van der Waals surface area contributed by atoms with E-state index in [1.165, 1.54) is 0 Å². The number of H-pyrrole nitrogens is 1. The number of hydrogen-bond acceptors (Lipinski definition) is 5. The fraction of sp³-hybridized carbons (Fsp3) is 0.633. The number of nitrogens with zero attached hydrogens (tertiary/aromatic N) is 1. The smallest absolute Gasteiger partial charge is 0.326 e. The van der Waals surface area contributed by atoms with Gasteiger partial charge in [-0.15, -0.1) is 0 Å². The van der Waals surface area contributed by atoms with E-state index in [1.807, 2.05) is 29.2 Å². The summed E-state index contributed by atoms with van der Waals surface area (Å²) in [6.45, 7) is 8.76. The van der Waals surface area contributed by atoms with Crippen LogP contribution in [0, 0.1) is 17.8 Å². The number of carboxylic acid groups (broad SMARTS) is 1. The van der Waals surface area contributed by atoms with E-state index in [2.05, 4.69) is 31.1 Å². The first kappa shape index (κ1) is 30.6. The number of para-hydroxylation sites is 1. The number of hydrogen-bond donors (Lipinski definition) is 3. The van der Waals surface area contributed by atoms with Gasteiger partial charge in [0.15, 0.2) is 0 Å². The fourth-order valence-electron chi connectivity index (χ4n) is 5.82. The largest absolute Gasteiger partial charge is 0.480 e. The first-order valence-electron chi connectivity index (χ1n) is 14.1. The monoisotopic (exact) mass is 543 g/mol. The molecule has 1 saturated heterocycles. The molecule has 2 amide bonds. The summed E-state index contributed by atoms with van der Waals surface area (Å²) in [6.07, 6.45) is 4.02. The predicted molar refractivity (Wildman–Crippen MR) is 150 cm³/mol. The third-order valence-electron chi connectivity index (χ3n) is 8.70. The molecule has 9 nitrogen and oxygen atoms in total. The van der Waals surface area contributed by atoms with Crippen LogP contribution in [0.4, 0.5) is 0 Å². The molecule has 0 bridgehead atoms. The Kier molecular flexibility index (Phi) is 10.9. The molecule has 1 aromatic carbocycles. The number of rotatable bonds is 14. The van der Waals surface area contributed by atoms with Crippen LogP contribution in [0.2, 0.25) is 0 Å². The lowest BCUT2D eigenvalue weighted by atomic mass is 9.87. The SMILES string of the molecule is CCC(C)[C@H](C)C(CC(=O)N1CCCC1C(OC)C(C)C(=O)N[C@@H](Cc1c[nH]c2ccccc12)C(=O)O)OC. The molecule has 1 fully saturated rings. The van der Waals surface area contributed by atoms with E-state index in [0.717, 1.165) is 35.7 Å². The van der Waals surface area contributed by atoms with E-state index < -0.39 is 29.9 Å². The molecule has 3 rings (SSSR count). The molecular weight excluding hydrogens is 498 g/mol. The van der Waals surface area contributed by atoms with Crippen LogP contribution in [0.5, 0.6) is 0 Å². The number of likely N-dealkylation sites (tertiary alicyclic amines) is 1. The maximum Gasteiger partial charge on any atom is 0.326 e. The summed E-state index contributed by atoms with van der Waals surface area (Å²) in [7, 11) is 3.19. The maximum atomic E-state index is 13.4. The highest BCUT2D eigenvalue weighted by molar-refractivity contribution is 5.87. The van der Waals surface area contributed by atoms with Crippen LogP contribution in [-0.4, -0.2) is 77.8 Å². The van der Waals surface area contributed by atoms with Crippen molar-refractivity contribution < 1.29 is 29.0 Å². The van der Waals surface area contributed by atoms with Crippen molar-refractivity contribution >= 4 is 28.7 Å². The summed E-state index contributed by atoms with van der Waals surface area (Å²) in [5, 5.41) is 13.5. The standard InChI is InChI=1S/C30H45N3O6/c1-7-18(2)19(3)26(38-5)16-27(34)33-14-10-13-25(33)28(39-6)20(4)29(35)32-24(30(36)37)15-21-17-31-23-12-9-8-11-22(21)23/h8-9,11-12,17-20,24-26,28,31H,7,10,13-16H2,1-6H3,(H,32,35)(H,36,37)/t18?,19-,20?,24-,25?,26?,28?/m0/s1. The maximum absolute atomic E-state index is 13.4. The highest BCUT2D eigenvalue weighted by atomic mass is 16.5. The number of amides is 2. The van der Waals surface area contributed by atoms with Gasteiger partial charge < -0.3 is 29.8 Å². The molecule has 2 heterocycles. The highest BCUT2D eigenvalue weighted by Gasteiger charge is 2.41. The van der Waals surface area contributed by atoms with Crippen molar-refractivity contribution in [2.24, 2.45) is 17.8 Å². The first-order chi connectivity index (χ1) is 18.6. The van der Waals surface area contributed by atoms with E-state index in [-0.39, 0.29) is 36.8 Å². The Morgan fingerprint density at radius 3 is 2.51 bits per heavy atom. The Morgan fingerprint density at radius 2 is 1.87 bits per heavy atom. The van der Waals surface area contributed by atoms with Crippen LogP contribution in [0.25, 0.3) is 10.9 Å². The van der Waals surface area contributed by atoms with Gasteiger partial charge in [-0.05, 0) is 36.3 Å². The van der Waals surface area contributed by atoms with Gasteiger partial charge in [-0.2, -0.15) is 0 Å². The van der Waals surface area contributed by atoms with E-state index in [1.54, 1.807) is 27.3 Å². The number of carboxylic acids is 1. The molecule has 216 valence electrons. The molecule has 9 heteroatoms. The van der Waals surface area contributed by atoms with Gasteiger partial charge in [0.05, 0.1) is 30.6 Å². The molecule has 0 saturated carbocycles. The lowest BCUT2D eigenvalue weighted by molar-refractivity contribution is -0.145. The van der Waals surface area contributed by atoms with Crippen molar-refractivity contribution in [2.75, 3.05) is 20.8 Å². The minimum Gasteiger partial charge on any atom is -0.480 e. The van der Waals surface area contributed by atoms with E-state index in [0.29, 0.717) is 12.5 Å². The average Bonchev–Trinajstić information content (AvgIpc) is 3.58. The Bertz CT molecular complexity index is 1120. The number of aromatic nitrogens is 1. The first-order valence-corrected chi connectivity index (χ1v) is 14.1. The highest BCUT2D eigenvalue weighted by Crippen LogP contribution is 2.29. The molecule has 1 aliphatic rings. The molecule has 1 aromatic heterocycles. The second-order valence-electron chi connectivity index (χ2n) is 11.0. The zero-order chi connectivity index (χ0) is 28.7. The Balaban J connectivity index is 1.69. The molecule has 3 N–H and O–H groups in total. The molecule has 0 spiro atoms. The van der Waals surface area contributed by atoms with Gasteiger partial charge in [-0.1, -0.05) is 52.3 Å². The molecule has 7 atom stereocenters. The van der Waals surface area contributed by atoms with Crippen molar-refractivity contribution in [1.82, 2.24) is 15.2 Å². The molecule has 39 heavy (non-hydrogen) atoms. The third-order valence-corrected chi connectivity index (χ3v) is 8.70. The van der Waals surface area contributed by atoms with Crippen LogP contribution in [0.1, 0.15) is 58.9 Å². The second kappa shape index (κ2) is 13.9. The number of carbonyl (C=O) groups excluding carboxylic acids is 2. The Hall–Kier alpha value is -2.91. The van der Waals surface area contributed by atoms with Gasteiger partial charge in [0.2, 0.25) is 11.8 Å². The van der Waals surface area contributed by atoms with Crippen LogP contribution in [0.15, 0.2) is 30.5 Å². The van der Waals surface area contributed by atoms with Crippen molar-refractivity contribution in [3.05, 3.63) is 36.0 Å². The quantitative estimate of drug-likeness (QED) is 0.331. The number of fused-ring (bicyclic) bond motifs is 1. The molecule has 0 aliphatic carbocycles. The van der Waals surface area contributed by atoms with Crippen LogP contribution in [-0.2, 0) is 30.3 Å². The Morgan fingerprint density at radius 1 is 1.15 bits per heavy atom. The molecule has 0 radical (unpaired) electrons. The lowest BCUT2D eigenvalue weighted by Gasteiger charge is -2.35. The summed E-state index contributed by atoms with van der Waals surface area (Å²) < 4.78 is 11.5. The normalized spacial score (nSPS) is 20.3. The summed E-state index contributed by atoms with van der Waals surface area (Å²) in [5.41, 5.74) is 1.73. The van der Waals surface area contributed by atoms with Crippen LogP contribution in [0.3, 0.4) is 0 Å². The van der Waals surface area contributed by atoms with Crippen molar-refractivity contribution in [3.63, 3.8) is 0 Å². The number of ether oxygens (including phenoxy) is 2. The number of nitrogens with one attached hydrogen (secondary N) is 2. The van der Waals surface area contributed by atoms with Gasteiger partial charge in [0, 0.05) is 44.3 Å². The number of aliphatic carboxylic acids is 1. The van der Waals surface area contributed by atoms with Gasteiger partial charge in [-0.3, -0.25) is 9.59 Å². The minimum absolute atomic E-state index is 0.00286. The number of benzene rings is 1. The van der Waals surface area contributed by atoms with Gasteiger partial charge >= 0.3 is 5.97 Å². The predicted octanol–water partition coefficient (Wildman–Crippen LogP) is 4.01. The fourth-order valence-corrected chi connectivity index (χ4v) is 5.82. The van der Waals surface area contributed by atoms with E-state index in [9.17, 15) is 19.5 Å². The zero-order valence-electron chi connectivity index (χ0n) is 24.1. The lowest BCUT2D eigenvalue weighted by Crippen LogP contribution is -2.52. The van der Waals surface area contributed by atoms with Gasteiger partial charge in [-0.25, -0.2) is 4.79 Å². The summed E-state index contributed by atoms with van der Waals surface area (Å²) in [5.74, 6) is -1.51. The molecule has 1 aliphatic heterocycles. The van der Waals surface area contributed by atoms with Crippen molar-refractivity contribution in [2.45, 2.75) is 84.1 Å².